The zero-order valence-electron chi connectivity index (χ0n) is 19.8. The summed E-state index contributed by atoms with van der Waals surface area (Å²) in [7, 11) is 0. The minimum Gasteiger partial charge on any atom is -0.400 e. The van der Waals surface area contributed by atoms with Crippen LogP contribution in [0.5, 0.6) is 0 Å². The van der Waals surface area contributed by atoms with Gasteiger partial charge in [-0.25, -0.2) is 4.99 Å². The second kappa shape index (κ2) is 10.7. The van der Waals surface area contributed by atoms with Crippen molar-refractivity contribution in [2.75, 3.05) is 24.7 Å². The van der Waals surface area contributed by atoms with E-state index in [4.69, 9.17) is 10.7 Å². The molecule has 0 spiro atoms. The molecule has 6 nitrogen and oxygen atoms in total. The number of amides is 2. The lowest BCUT2D eigenvalue weighted by Gasteiger charge is -2.27. The third-order valence-electron chi connectivity index (χ3n) is 6.13. The maximum atomic E-state index is 13.6. The fraction of sp³-hybridized carbons (Fsp3) is 0.346. The van der Waals surface area contributed by atoms with E-state index in [9.17, 15) is 9.59 Å². The van der Waals surface area contributed by atoms with Crippen LogP contribution in [-0.4, -0.2) is 46.4 Å². The van der Waals surface area contributed by atoms with Crippen LogP contribution in [0.4, 0.5) is 11.4 Å². The molecule has 1 saturated heterocycles. The van der Waals surface area contributed by atoms with Gasteiger partial charge in [-0.15, -0.1) is 11.8 Å². The highest BCUT2D eigenvalue weighted by Crippen LogP contribution is 2.38. The summed E-state index contributed by atoms with van der Waals surface area (Å²) >= 11 is 2.82. The van der Waals surface area contributed by atoms with Gasteiger partial charge in [0.2, 0.25) is 5.91 Å². The number of hydrogen-bond donors (Lipinski definition) is 2. The molecule has 2 heterocycles. The molecule has 0 saturated carbocycles. The molecule has 1 fully saturated rings. The van der Waals surface area contributed by atoms with Crippen molar-refractivity contribution >= 4 is 51.8 Å². The van der Waals surface area contributed by atoms with Gasteiger partial charge in [-0.05, 0) is 62.6 Å². The largest absolute Gasteiger partial charge is 0.400 e. The van der Waals surface area contributed by atoms with E-state index in [1.165, 1.54) is 11.8 Å². The Kier molecular flexibility index (Phi) is 7.68. The van der Waals surface area contributed by atoms with E-state index in [-0.39, 0.29) is 17.5 Å². The van der Waals surface area contributed by atoms with Crippen LogP contribution in [-0.2, 0) is 9.59 Å². The predicted molar refractivity (Wildman–Crippen MR) is 143 cm³/mol. The molecular weight excluding hydrogens is 464 g/mol. The first-order valence-electron chi connectivity index (χ1n) is 11.5. The number of carbonyl (C=O) groups is 2. The first-order chi connectivity index (χ1) is 16.4. The smallest absolute Gasteiger partial charge is 0.258 e. The second-order valence-corrected chi connectivity index (χ2v) is 10.5. The molecule has 2 aliphatic rings. The zero-order valence-corrected chi connectivity index (χ0v) is 21.4. The van der Waals surface area contributed by atoms with Crippen molar-refractivity contribution in [3.63, 3.8) is 0 Å². The van der Waals surface area contributed by atoms with Crippen molar-refractivity contribution < 1.29 is 9.59 Å². The number of nitrogens with two attached hydrogens (primary N) is 1. The topological polar surface area (TPSA) is 87.8 Å². The number of nitrogens with one attached hydrogen (secondary N) is 1. The first-order valence-corrected chi connectivity index (χ1v) is 13.6. The molecule has 178 valence electrons. The normalized spacial score (nSPS) is 19.6. The quantitative estimate of drug-likeness (QED) is 0.569. The van der Waals surface area contributed by atoms with Crippen molar-refractivity contribution in [3.8, 4) is 0 Å². The molecule has 0 radical (unpaired) electrons. The molecule has 2 aromatic carbocycles. The summed E-state index contributed by atoms with van der Waals surface area (Å²) in [6.07, 6.45) is 5.04. The number of carbonyl (C=O) groups excluding carboxylic acids is 2. The third kappa shape index (κ3) is 5.03. The van der Waals surface area contributed by atoms with E-state index in [0.717, 1.165) is 46.7 Å². The molecule has 4 rings (SSSR count). The van der Waals surface area contributed by atoms with Gasteiger partial charge in [0, 0.05) is 23.7 Å². The molecule has 3 N–H and O–H groups in total. The SMILES string of the molecule is CSc1ccccc1NC(=O)[C@@H]1SC(=Nc2c(C)cccc2C)C(C(=O)N2CCCCC2)=C1N. The molecule has 2 aliphatic heterocycles. The molecule has 1 atom stereocenters. The van der Waals surface area contributed by atoms with Crippen LogP contribution in [0.15, 0.2) is 63.6 Å². The Morgan fingerprint density at radius 2 is 1.74 bits per heavy atom. The Balaban J connectivity index is 1.71. The van der Waals surface area contributed by atoms with Gasteiger partial charge >= 0.3 is 0 Å². The van der Waals surface area contributed by atoms with E-state index < -0.39 is 5.25 Å². The van der Waals surface area contributed by atoms with Gasteiger partial charge in [0.15, 0.2) is 0 Å². The Hall–Kier alpha value is -2.71. The molecule has 34 heavy (non-hydrogen) atoms. The van der Waals surface area contributed by atoms with E-state index in [2.05, 4.69) is 5.32 Å². The third-order valence-corrected chi connectivity index (χ3v) is 8.15. The number of benzene rings is 2. The standard InChI is InChI=1S/C26H30N4O2S2/c1-16-10-9-11-17(2)22(16)29-25-20(26(32)30-14-7-4-8-15-30)21(27)23(34-25)24(31)28-18-12-5-6-13-19(18)33-3/h5-6,9-13,23H,4,7-8,14-15,27H2,1-3H3,(H,28,31)/t23-/m1/s1. The molecule has 0 aromatic heterocycles. The van der Waals surface area contributed by atoms with E-state index in [1.807, 2.05) is 67.5 Å². The number of aliphatic imine (C=N–C) groups is 1. The summed E-state index contributed by atoms with van der Waals surface area (Å²) < 4.78 is 0. The monoisotopic (exact) mass is 494 g/mol. The number of nitrogens with zero attached hydrogens (tertiary/aromatic N) is 2. The van der Waals surface area contributed by atoms with Crippen molar-refractivity contribution in [3.05, 3.63) is 64.9 Å². The lowest BCUT2D eigenvalue weighted by atomic mass is 10.1. The Morgan fingerprint density at radius 1 is 1.06 bits per heavy atom. The van der Waals surface area contributed by atoms with Crippen LogP contribution < -0.4 is 11.1 Å². The van der Waals surface area contributed by atoms with Crippen molar-refractivity contribution in [2.24, 2.45) is 10.7 Å². The number of hydrogen-bond acceptors (Lipinski definition) is 6. The van der Waals surface area contributed by atoms with Gasteiger partial charge in [0.1, 0.15) is 10.3 Å². The van der Waals surface area contributed by atoms with Crippen LogP contribution in [0.1, 0.15) is 30.4 Å². The summed E-state index contributed by atoms with van der Waals surface area (Å²) in [6.45, 7) is 5.40. The lowest BCUT2D eigenvalue weighted by Crippen LogP contribution is -2.38. The Morgan fingerprint density at radius 3 is 2.41 bits per heavy atom. The maximum absolute atomic E-state index is 13.6. The van der Waals surface area contributed by atoms with Crippen molar-refractivity contribution in [1.82, 2.24) is 4.90 Å². The van der Waals surface area contributed by atoms with E-state index in [0.29, 0.717) is 23.7 Å². The average molecular weight is 495 g/mol. The van der Waals surface area contributed by atoms with Crippen LogP contribution in [0.25, 0.3) is 0 Å². The minimum atomic E-state index is -0.721. The molecular formula is C26H30N4O2S2. The molecule has 2 amide bonds. The van der Waals surface area contributed by atoms with Crippen molar-refractivity contribution in [2.45, 2.75) is 43.3 Å². The van der Waals surface area contributed by atoms with Crippen molar-refractivity contribution in [1.29, 1.82) is 0 Å². The highest BCUT2D eigenvalue weighted by atomic mass is 32.2. The fourth-order valence-electron chi connectivity index (χ4n) is 4.27. The van der Waals surface area contributed by atoms with Gasteiger partial charge in [0.25, 0.3) is 5.91 Å². The summed E-state index contributed by atoms with van der Waals surface area (Å²) in [5, 5.41) is 2.80. The highest BCUT2D eigenvalue weighted by Gasteiger charge is 2.40. The molecule has 2 aromatic rings. The molecule has 0 bridgehead atoms. The van der Waals surface area contributed by atoms with Crippen LogP contribution in [0.3, 0.4) is 0 Å². The van der Waals surface area contributed by atoms with E-state index >= 15 is 0 Å². The summed E-state index contributed by atoms with van der Waals surface area (Å²) in [6, 6.07) is 13.6. The number of likely N-dealkylation sites (tertiary alicyclic amines) is 1. The van der Waals surface area contributed by atoms with Gasteiger partial charge < -0.3 is 16.0 Å². The van der Waals surface area contributed by atoms with E-state index in [1.54, 1.807) is 11.8 Å². The molecule has 8 heteroatoms. The highest BCUT2D eigenvalue weighted by molar-refractivity contribution is 8.16. The lowest BCUT2D eigenvalue weighted by molar-refractivity contribution is -0.127. The Bertz CT molecular complexity index is 1150. The Labute approximate surface area is 209 Å². The average Bonchev–Trinajstić information content (AvgIpc) is 3.17. The number of rotatable bonds is 5. The molecule has 0 aliphatic carbocycles. The summed E-state index contributed by atoms with van der Waals surface area (Å²) in [4.78, 5) is 34.6. The van der Waals surface area contributed by atoms with Crippen LogP contribution in [0.2, 0.25) is 0 Å². The minimum absolute atomic E-state index is 0.130. The summed E-state index contributed by atoms with van der Waals surface area (Å²) in [5.74, 6) is -0.380. The van der Waals surface area contributed by atoms with Crippen LogP contribution >= 0.6 is 23.5 Å². The predicted octanol–water partition coefficient (Wildman–Crippen LogP) is 5.03. The zero-order chi connectivity index (χ0) is 24.2. The van der Waals surface area contributed by atoms with Gasteiger partial charge in [0.05, 0.1) is 16.9 Å². The fourth-order valence-corrected chi connectivity index (χ4v) is 5.92. The van der Waals surface area contributed by atoms with Gasteiger partial charge in [-0.2, -0.15) is 0 Å². The number of aryl methyl sites for hydroxylation is 2. The number of anilines is 1. The number of piperidine rings is 1. The van der Waals surface area contributed by atoms with Gasteiger partial charge in [-0.1, -0.05) is 42.1 Å². The second-order valence-electron chi connectivity index (χ2n) is 8.53. The number of para-hydroxylation sites is 2. The maximum Gasteiger partial charge on any atom is 0.258 e. The van der Waals surface area contributed by atoms with Crippen LogP contribution in [0, 0.1) is 13.8 Å². The number of thioether (sulfide) groups is 2. The first kappa shape index (κ1) is 24.4. The van der Waals surface area contributed by atoms with Gasteiger partial charge in [-0.3, -0.25) is 9.59 Å². The summed E-state index contributed by atoms with van der Waals surface area (Å²) in [5.41, 5.74) is 10.8. The molecule has 0 unspecified atom stereocenters.